The fourth-order valence-corrected chi connectivity index (χ4v) is 2.54. The average Bonchev–Trinajstić information content (AvgIpc) is 2.73. The van der Waals surface area contributed by atoms with Gasteiger partial charge >= 0.3 is 0 Å². The molecule has 4 nitrogen and oxygen atoms in total. The summed E-state index contributed by atoms with van der Waals surface area (Å²) in [5, 5.41) is 5.52. The first-order chi connectivity index (χ1) is 9.65. The van der Waals surface area contributed by atoms with Crippen LogP contribution in [0.1, 0.15) is 26.3 Å². The Hall–Kier alpha value is -2.14. The van der Waals surface area contributed by atoms with Gasteiger partial charge in [0.05, 0.1) is 11.1 Å². The second kappa shape index (κ2) is 5.09. The van der Waals surface area contributed by atoms with Crippen LogP contribution in [0.5, 0.6) is 0 Å². The molecule has 20 heavy (non-hydrogen) atoms. The maximum atomic E-state index is 11.6. The highest BCUT2D eigenvalue weighted by molar-refractivity contribution is 9.10. The van der Waals surface area contributed by atoms with E-state index in [0.29, 0.717) is 17.7 Å². The number of halogens is 1. The van der Waals surface area contributed by atoms with Crippen molar-refractivity contribution >= 4 is 33.4 Å². The molecule has 0 bridgehead atoms. The van der Waals surface area contributed by atoms with Gasteiger partial charge in [0.15, 0.2) is 0 Å². The van der Waals surface area contributed by atoms with E-state index in [1.165, 1.54) is 0 Å². The molecule has 0 spiro atoms. The standard InChI is InChI=1S/C15H11BrN2O2/c16-13-4-2-1-3-9(13)8-17-10-5-6-11-12(7-10)15(20)18-14(11)19/h1-7,17H,8H2,(H,18,19,20). The van der Waals surface area contributed by atoms with Crippen LogP contribution >= 0.6 is 15.9 Å². The topological polar surface area (TPSA) is 58.2 Å². The van der Waals surface area contributed by atoms with Crippen molar-refractivity contribution in [1.29, 1.82) is 0 Å². The fourth-order valence-electron chi connectivity index (χ4n) is 2.12. The average molecular weight is 331 g/mol. The van der Waals surface area contributed by atoms with Gasteiger partial charge in [-0.15, -0.1) is 0 Å². The third kappa shape index (κ3) is 2.32. The number of hydrogen-bond donors (Lipinski definition) is 2. The van der Waals surface area contributed by atoms with Gasteiger partial charge in [0.2, 0.25) is 0 Å². The van der Waals surface area contributed by atoms with Crippen LogP contribution in [0.25, 0.3) is 0 Å². The molecule has 2 aromatic rings. The molecule has 0 fully saturated rings. The molecule has 1 aliphatic heterocycles. The number of amides is 2. The van der Waals surface area contributed by atoms with Gasteiger partial charge in [-0.25, -0.2) is 0 Å². The van der Waals surface area contributed by atoms with E-state index in [2.05, 4.69) is 26.6 Å². The first-order valence-corrected chi connectivity index (χ1v) is 6.91. The fraction of sp³-hybridized carbons (Fsp3) is 0.0667. The van der Waals surface area contributed by atoms with Crippen molar-refractivity contribution in [3.05, 3.63) is 63.6 Å². The van der Waals surface area contributed by atoms with Gasteiger partial charge in [-0.05, 0) is 29.8 Å². The monoisotopic (exact) mass is 330 g/mol. The highest BCUT2D eigenvalue weighted by Gasteiger charge is 2.26. The van der Waals surface area contributed by atoms with Crippen LogP contribution in [0.15, 0.2) is 46.9 Å². The maximum Gasteiger partial charge on any atom is 0.259 e. The summed E-state index contributed by atoms with van der Waals surface area (Å²) in [4.78, 5) is 23.0. The first kappa shape index (κ1) is 12.9. The first-order valence-electron chi connectivity index (χ1n) is 6.12. The summed E-state index contributed by atoms with van der Waals surface area (Å²) in [5.41, 5.74) is 2.78. The molecule has 5 heteroatoms. The molecule has 0 saturated heterocycles. The van der Waals surface area contributed by atoms with Crippen molar-refractivity contribution in [2.24, 2.45) is 0 Å². The molecule has 1 aliphatic rings. The number of benzene rings is 2. The van der Waals surface area contributed by atoms with Crippen LogP contribution in [-0.4, -0.2) is 11.8 Å². The van der Waals surface area contributed by atoms with Gasteiger partial charge in [0.25, 0.3) is 11.8 Å². The number of carbonyl (C=O) groups is 2. The molecule has 2 N–H and O–H groups in total. The van der Waals surface area contributed by atoms with Gasteiger partial charge in [0.1, 0.15) is 0 Å². The number of imide groups is 1. The summed E-state index contributed by atoms with van der Waals surface area (Å²) in [6.45, 7) is 0.635. The molecular weight excluding hydrogens is 320 g/mol. The lowest BCUT2D eigenvalue weighted by Gasteiger charge is -2.08. The lowest BCUT2D eigenvalue weighted by Crippen LogP contribution is -2.19. The summed E-state index contributed by atoms with van der Waals surface area (Å²) in [6, 6.07) is 13.1. The lowest BCUT2D eigenvalue weighted by molar-refractivity contribution is 0.0879. The molecule has 0 aliphatic carbocycles. The molecule has 0 atom stereocenters. The molecule has 0 aromatic heterocycles. The Kier molecular flexibility index (Phi) is 3.28. The third-order valence-corrected chi connectivity index (χ3v) is 3.95. The number of carbonyl (C=O) groups excluding carboxylic acids is 2. The van der Waals surface area contributed by atoms with Crippen LogP contribution in [0.4, 0.5) is 5.69 Å². The molecule has 0 unspecified atom stereocenters. The van der Waals surface area contributed by atoms with Crippen molar-refractivity contribution in [2.75, 3.05) is 5.32 Å². The summed E-state index contributed by atoms with van der Waals surface area (Å²) in [6.07, 6.45) is 0. The minimum Gasteiger partial charge on any atom is -0.381 e. The minimum atomic E-state index is -0.338. The van der Waals surface area contributed by atoms with Crippen LogP contribution < -0.4 is 10.6 Å². The maximum absolute atomic E-state index is 11.6. The van der Waals surface area contributed by atoms with Crippen LogP contribution in [0.2, 0.25) is 0 Å². The van der Waals surface area contributed by atoms with Crippen molar-refractivity contribution < 1.29 is 9.59 Å². The molecule has 3 rings (SSSR count). The van der Waals surface area contributed by atoms with E-state index >= 15 is 0 Å². The van der Waals surface area contributed by atoms with E-state index in [1.54, 1.807) is 18.2 Å². The summed E-state index contributed by atoms with van der Waals surface area (Å²) < 4.78 is 1.03. The normalized spacial score (nSPS) is 13.1. The summed E-state index contributed by atoms with van der Waals surface area (Å²) >= 11 is 3.49. The zero-order chi connectivity index (χ0) is 14.1. The molecular formula is C15H11BrN2O2. The largest absolute Gasteiger partial charge is 0.381 e. The SMILES string of the molecule is O=C1NC(=O)c2cc(NCc3ccccc3Br)ccc21. The smallest absolute Gasteiger partial charge is 0.259 e. The Morgan fingerprint density at radius 3 is 2.55 bits per heavy atom. The highest BCUT2D eigenvalue weighted by atomic mass is 79.9. The van der Waals surface area contributed by atoms with E-state index in [1.807, 2.05) is 24.3 Å². The second-order valence-electron chi connectivity index (χ2n) is 4.49. The number of fused-ring (bicyclic) bond motifs is 1. The van der Waals surface area contributed by atoms with Crippen molar-refractivity contribution in [3.63, 3.8) is 0 Å². The molecule has 0 saturated carbocycles. The van der Waals surface area contributed by atoms with Gasteiger partial charge < -0.3 is 5.32 Å². The minimum absolute atomic E-state index is 0.331. The van der Waals surface area contributed by atoms with Gasteiger partial charge in [-0.2, -0.15) is 0 Å². The highest BCUT2D eigenvalue weighted by Crippen LogP contribution is 2.22. The van der Waals surface area contributed by atoms with Crippen LogP contribution in [0, 0.1) is 0 Å². The van der Waals surface area contributed by atoms with E-state index in [9.17, 15) is 9.59 Å². The van der Waals surface area contributed by atoms with Crippen LogP contribution in [-0.2, 0) is 6.54 Å². The predicted octanol–water partition coefficient (Wildman–Crippen LogP) is 2.94. The van der Waals surface area contributed by atoms with E-state index in [4.69, 9.17) is 0 Å². The van der Waals surface area contributed by atoms with Crippen molar-refractivity contribution in [1.82, 2.24) is 5.32 Å². The second-order valence-corrected chi connectivity index (χ2v) is 5.34. The van der Waals surface area contributed by atoms with Gasteiger partial charge in [0, 0.05) is 16.7 Å². The lowest BCUT2D eigenvalue weighted by atomic mass is 10.1. The Balaban J connectivity index is 1.80. The van der Waals surface area contributed by atoms with Crippen molar-refractivity contribution in [2.45, 2.75) is 6.54 Å². The van der Waals surface area contributed by atoms with E-state index < -0.39 is 0 Å². The van der Waals surface area contributed by atoms with Gasteiger partial charge in [-0.1, -0.05) is 34.1 Å². The zero-order valence-corrected chi connectivity index (χ0v) is 12.0. The Bertz CT molecular complexity index is 713. The Morgan fingerprint density at radius 1 is 1.00 bits per heavy atom. The van der Waals surface area contributed by atoms with E-state index in [-0.39, 0.29) is 11.8 Å². The summed E-state index contributed by atoms with van der Waals surface area (Å²) in [5.74, 6) is -0.670. The third-order valence-electron chi connectivity index (χ3n) is 3.18. The Labute approximate surface area is 124 Å². The molecule has 2 amide bonds. The number of hydrogen-bond acceptors (Lipinski definition) is 3. The molecule has 0 radical (unpaired) electrons. The van der Waals surface area contributed by atoms with Crippen molar-refractivity contribution in [3.8, 4) is 0 Å². The molecule has 100 valence electrons. The van der Waals surface area contributed by atoms with Crippen LogP contribution in [0.3, 0.4) is 0 Å². The summed E-state index contributed by atoms with van der Waals surface area (Å²) in [7, 11) is 0. The quantitative estimate of drug-likeness (QED) is 0.850. The number of nitrogens with one attached hydrogen (secondary N) is 2. The molecule has 1 heterocycles. The number of anilines is 1. The van der Waals surface area contributed by atoms with E-state index in [0.717, 1.165) is 15.7 Å². The predicted molar refractivity (Wildman–Crippen MR) is 79.7 cm³/mol. The molecule has 2 aromatic carbocycles. The Morgan fingerprint density at radius 2 is 1.75 bits per heavy atom. The number of rotatable bonds is 3. The van der Waals surface area contributed by atoms with Gasteiger partial charge in [-0.3, -0.25) is 14.9 Å². The zero-order valence-electron chi connectivity index (χ0n) is 10.4.